The fraction of sp³-hybridized carbons (Fsp3) is 0.450. The lowest BCUT2D eigenvalue weighted by Crippen LogP contribution is -2.39. The molecule has 1 saturated carbocycles. The predicted molar refractivity (Wildman–Crippen MR) is 90.1 cm³/mol. The lowest BCUT2D eigenvalue weighted by molar-refractivity contribution is 0.0814. The van der Waals surface area contributed by atoms with Gasteiger partial charge in [0.2, 0.25) is 0 Å². The van der Waals surface area contributed by atoms with E-state index in [1.54, 1.807) is 6.07 Å². The zero-order chi connectivity index (χ0) is 15.8. The number of halogens is 1. The van der Waals surface area contributed by atoms with Gasteiger partial charge in [-0.05, 0) is 55.7 Å². The highest BCUT2D eigenvalue weighted by atomic mass is 19.1. The first-order valence-corrected chi connectivity index (χ1v) is 8.65. The Bertz CT molecular complexity index is 737. The summed E-state index contributed by atoms with van der Waals surface area (Å²) in [5, 5.41) is 1.39. The second kappa shape index (κ2) is 6.04. The van der Waals surface area contributed by atoms with Crippen LogP contribution in [0.25, 0.3) is 10.8 Å². The molecule has 1 atom stereocenters. The Balaban J connectivity index is 1.55. The smallest absolute Gasteiger partial charge is 0.167 e. The quantitative estimate of drug-likeness (QED) is 0.785. The number of benzene rings is 2. The highest BCUT2D eigenvalue weighted by molar-refractivity contribution is 6.01. The van der Waals surface area contributed by atoms with Gasteiger partial charge in [0.05, 0.1) is 0 Å². The molecule has 0 bridgehead atoms. The van der Waals surface area contributed by atoms with Crippen molar-refractivity contribution in [2.45, 2.75) is 25.7 Å². The minimum atomic E-state index is -0.294. The van der Waals surface area contributed by atoms with Gasteiger partial charge in [0.15, 0.2) is 5.78 Å². The molecule has 2 fully saturated rings. The van der Waals surface area contributed by atoms with Gasteiger partial charge in [-0.1, -0.05) is 24.3 Å². The van der Waals surface area contributed by atoms with Crippen LogP contribution in [0, 0.1) is 17.7 Å². The molecule has 0 aromatic heterocycles. The van der Waals surface area contributed by atoms with Crippen LogP contribution in [0.3, 0.4) is 0 Å². The highest BCUT2D eigenvalue weighted by Gasteiger charge is 2.30. The SMILES string of the molecule is O=C(c1cc(F)c2ccccc2c1)C1CCCN(CC2CC2)C1. The van der Waals surface area contributed by atoms with Crippen LogP contribution in [0.1, 0.15) is 36.0 Å². The highest BCUT2D eigenvalue weighted by Crippen LogP contribution is 2.32. The van der Waals surface area contributed by atoms with Crippen molar-refractivity contribution in [2.24, 2.45) is 11.8 Å². The first kappa shape index (κ1) is 14.8. The van der Waals surface area contributed by atoms with Crippen LogP contribution in [0.5, 0.6) is 0 Å². The van der Waals surface area contributed by atoms with E-state index in [4.69, 9.17) is 0 Å². The third-order valence-corrected chi connectivity index (χ3v) is 5.19. The molecule has 2 nitrogen and oxygen atoms in total. The Morgan fingerprint density at radius 2 is 2.00 bits per heavy atom. The zero-order valence-corrected chi connectivity index (χ0v) is 13.3. The summed E-state index contributed by atoms with van der Waals surface area (Å²) in [6.45, 7) is 3.08. The lowest BCUT2D eigenvalue weighted by Gasteiger charge is -2.32. The van der Waals surface area contributed by atoms with E-state index in [9.17, 15) is 9.18 Å². The van der Waals surface area contributed by atoms with Crippen LogP contribution < -0.4 is 0 Å². The molecule has 0 spiro atoms. The number of likely N-dealkylation sites (tertiary alicyclic amines) is 1. The molecule has 120 valence electrons. The third kappa shape index (κ3) is 3.16. The van der Waals surface area contributed by atoms with Crippen molar-refractivity contribution in [2.75, 3.05) is 19.6 Å². The molecule has 1 saturated heterocycles. The molecule has 2 aliphatic rings. The van der Waals surface area contributed by atoms with E-state index in [-0.39, 0.29) is 17.5 Å². The van der Waals surface area contributed by atoms with Crippen LogP contribution in [0.15, 0.2) is 36.4 Å². The van der Waals surface area contributed by atoms with Crippen LogP contribution in [0.2, 0.25) is 0 Å². The number of Topliss-reactive ketones (excluding diaryl/α,β-unsaturated/α-hetero) is 1. The summed E-state index contributed by atoms with van der Waals surface area (Å²) in [5.41, 5.74) is 0.527. The number of hydrogen-bond acceptors (Lipinski definition) is 2. The van der Waals surface area contributed by atoms with E-state index >= 15 is 0 Å². The van der Waals surface area contributed by atoms with E-state index in [0.717, 1.165) is 43.8 Å². The number of nitrogens with zero attached hydrogens (tertiary/aromatic N) is 1. The van der Waals surface area contributed by atoms with E-state index in [1.165, 1.54) is 18.9 Å². The van der Waals surface area contributed by atoms with Crippen molar-refractivity contribution < 1.29 is 9.18 Å². The van der Waals surface area contributed by atoms with Crippen LogP contribution >= 0.6 is 0 Å². The number of fused-ring (bicyclic) bond motifs is 1. The number of piperidine rings is 1. The third-order valence-electron chi connectivity index (χ3n) is 5.19. The molecule has 1 aliphatic heterocycles. The second-order valence-electron chi connectivity index (χ2n) is 7.09. The van der Waals surface area contributed by atoms with E-state index < -0.39 is 0 Å². The average Bonchev–Trinajstić information content (AvgIpc) is 3.38. The maximum absolute atomic E-state index is 14.3. The average molecular weight is 311 g/mol. The molecule has 1 aliphatic carbocycles. The van der Waals surface area contributed by atoms with E-state index in [1.807, 2.05) is 24.3 Å². The molecule has 1 unspecified atom stereocenters. The standard InChI is InChI=1S/C20H22FNO/c21-19-11-17(10-15-4-1-2-6-18(15)19)20(23)16-5-3-9-22(13-16)12-14-7-8-14/h1-2,4,6,10-11,14,16H,3,5,7-9,12-13H2. The van der Waals surface area contributed by atoms with Crippen molar-refractivity contribution in [1.82, 2.24) is 4.90 Å². The van der Waals surface area contributed by atoms with Crippen molar-refractivity contribution in [1.29, 1.82) is 0 Å². The number of carbonyl (C=O) groups excluding carboxylic acids is 1. The number of carbonyl (C=O) groups is 1. The fourth-order valence-corrected chi connectivity index (χ4v) is 3.74. The van der Waals surface area contributed by atoms with Gasteiger partial charge in [-0.15, -0.1) is 0 Å². The van der Waals surface area contributed by atoms with E-state index in [2.05, 4.69) is 4.90 Å². The summed E-state index contributed by atoms with van der Waals surface area (Å²) < 4.78 is 14.3. The molecule has 2 aromatic carbocycles. The Hall–Kier alpha value is -1.74. The summed E-state index contributed by atoms with van der Waals surface area (Å²) in [5.74, 6) is 0.678. The second-order valence-corrected chi connectivity index (χ2v) is 7.09. The topological polar surface area (TPSA) is 20.3 Å². The maximum Gasteiger partial charge on any atom is 0.167 e. The van der Waals surface area contributed by atoms with Crippen LogP contribution in [-0.2, 0) is 0 Å². The van der Waals surface area contributed by atoms with Gasteiger partial charge in [0.25, 0.3) is 0 Å². The predicted octanol–water partition coefficient (Wildman–Crippen LogP) is 4.28. The molecule has 0 amide bonds. The Kier molecular flexibility index (Phi) is 3.90. The Morgan fingerprint density at radius 3 is 2.83 bits per heavy atom. The maximum atomic E-state index is 14.3. The molecule has 2 aromatic rings. The van der Waals surface area contributed by atoms with Crippen LogP contribution in [0.4, 0.5) is 4.39 Å². The lowest BCUT2D eigenvalue weighted by atomic mass is 9.89. The summed E-state index contributed by atoms with van der Waals surface area (Å²) in [6.07, 6.45) is 4.67. The molecule has 0 radical (unpaired) electrons. The van der Waals surface area contributed by atoms with Gasteiger partial charge in [0, 0.05) is 30.0 Å². The summed E-state index contributed by atoms with van der Waals surface area (Å²) in [7, 11) is 0. The fourth-order valence-electron chi connectivity index (χ4n) is 3.74. The van der Waals surface area contributed by atoms with Gasteiger partial charge in [-0.3, -0.25) is 4.79 Å². The van der Waals surface area contributed by atoms with Gasteiger partial charge in [-0.25, -0.2) is 4.39 Å². The molecule has 4 rings (SSSR count). The number of hydrogen-bond donors (Lipinski definition) is 0. The summed E-state index contributed by atoms with van der Waals surface area (Å²) >= 11 is 0. The van der Waals surface area contributed by atoms with Crippen molar-refractivity contribution in [3.63, 3.8) is 0 Å². The zero-order valence-electron chi connectivity index (χ0n) is 13.3. The molecule has 1 heterocycles. The van der Waals surface area contributed by atoms with Gasteiger partial charge >= 0.3 is 0 Å². The molecular formula is C20H22FNO. The first-order chi connectivity index (χ1) is 11.2. The summed E-state index contributed by atoms with van der Waals surface area (Å²) in [6, 6.07) is 10.6. The van der Waals surface area contributed by atoms with Crippen molar-refractivity contribution in [3.8, 4) is 0 Å². The number of ketones is 1. The summed E-state index contributed by atoms with van der Waals surface area (Å²) in [4.78, 5) is 15.3. The van der Waals surface area contributed by atoms with Gasteiger partial charge in [0.1, 0.15) is 5.82 Å². The molecule has 23 heavy (non-hydrogen) atoms. The molecular weight excluding hydrogens is 289 g/mol. The minimum absolute atomic E-state index is 0.0167. The van der Waals surface area contributed by atoms with Crippen molar-refractivity contribution >= 4 is 16.6 Å². The van der Waals surface area contributed by atoms with Gasteiger partial charge in [-0.2, -0.15) is 0 Å². The number of rotatable bonds is 4. The normalized spacial score (nSPS) is 22.4. The largest absolute Gasteiger partial charge is 0.302 e. The minimum Gasteiger partial charge on any atom is -0.302 e. The molecule has 0 N–H and O–H groups in total. The van der Waals surface area contributed by atoms with Crippen molar-refractivity contribution in [3.05, 3.63) is 47.8 Å². The van der Waals surface area contributed by atoms with Crippen LogP contribution in [-0.4, -0.2) is 30.3 Å². The monoisotopic (exact) mass is 311 g/mol. The first-order valence-electron chi connectivity index (χ1n) is 8.65. The Morgan fingerprint density at radius 1 is 1.17 bits per heavy atom. The van der Waals surface area contributed by atoms with Gasteiger partial charge < -0.3 is 4.90 Å². The molecule has 3 heteroatoms. The van der Waals surface area contributed by atoms with E-state index in [0.29, 0.717) is 10.9 Å². The Labute approximate surface area is 136 Å².